The molecule has 0 bridgehead atoms. The monoisotopic (exact) mass is 302 g/mol. The van der Waals surface area contributed by atoms with Gasteiger partial charge in [0.2, 0.25) is 5.91 Å². The first-order chi connectivity index (χ1) is 10.1. The van der Waals surface area contributed by atoms with E-state index in [9.17, 15) is 9.18 Å². The van der Waals surface area contributed by atoms with Crippen molar-refractivity contribution in [2.75, 3.05) is 16.4 Å². The predicted octanol–water partition coefficient (Wildman–Crippen LogP) is 3.49. The van der Waals surface area contributed by atoms with E-state index in [1.165, 1.54) is 17.8 Å². The van der Waals surface area contributed by atoms with Gasteiger partial charge in [-0.2, -0.15) is 0 Å². The molecule has 0 aromatic heterocycles. The Bertz CT molecular complexity index is 704. The van der Waals surface area contributed by atoms with Crippen LogP contribution in [0.5, 0.6) is 0 Å². The molecular weight excluding hydrogens is 287 g/mol. The summed E-state index contributed by atoms with van der Waals surface area (Å²) in [6.07, 6.45) is 0. The lowest BCUT2D eigenvalue weighted by Crippen LogP contribution is -2.28. The Kier molecular flexibility index (Phi) is 3.59. The van der Waals surface area contributed by atoms with Gasteiger partial charge in [-0.05, 0) is 36.8 Å². The van der Waals surface area contributed by atoms with Gasteiger partial charge in [-0.3, -0.25) is 9.69 Å². The Labute approximate surface area is 126 Å². The van der Waals surface area contributed by atoms with Crippen molar-refractivity contribution in [1.82, 2.24) is 0 Å². The number of carbonyl (C=O) groups excluding carboxylic acids is 1. The molecule has 0 radical (unpaired) electrons. The molecule has 0 spiro atoms. The maximum Gasteiger partial charge on any atom is 0.238 e. The predicted molar refractivity (Wildman–Crippen MR) is 84.7 cm³/mol. The van der Waals surface area contributed by atoms with Crippen molar-refractivity contribution in [3.8, 4) is 0 Å². The fourth-order valence-electron chi connectivity index (χ4n) is 2.50. The van der Waals surface area contributed by atoms with Crippen LogP contribution in [0.25, 0.3) is 0 Å². The molecule has 3 rings (SSSR count). The zero-order valence-electron chi connectivity index (χ0n) is 11.5. The first-order valence-electron chi connectivity index (χ1n) is 6.62. The Morgan fingerprint density at radius 2 is 2.05 bits per heavy atom. The topological polar surface area (TPSA) is 46.3 Å². The summed E-state index contributed by atoms with van der Waals surface area (Å²) >= 11 is 1.53. The van der Waals surface area contributed by atoms with E-state index in [1.54, 1.807) is 24.0 Å². The number of rotatable bonds is 2. The molecule has 1 aliphatic rings. The van der Waals surface area contributed by atoms with Gasteiger partial charge in [-0.1, -0.05) is 18.2 Å². The van der Waals surface area contributed by atoms with Crippen molar-refractivity contribution >= 4 is 29.0 Å². The number of benzene rings is 2. The SMILES string of the molecule is Cc1c(F)cccc1N1C(=O)CSC1c1cccc(N)c1. The fraction of sp³-hybridized carbons (Fsp3) is 0.188. The van der Waals surface area contributed by atoms with E-state index >= 15 is 0 Å². The van der Waals surface area contributed by atoms with E-state index in [0.29, 0.717) is 22.7 Å². The maximum absolute atomic E-state index is 13.8. The van der Waals surface area contributed by atoms with E-state index in [2.05, 4.69) is 0 Å². The number of anilines is 2. The molecule has 21 heavy (non-hydrogen) atoms. The van der Waals surface area contributed by atoms with Crippen LogP contribution in [0.1, 0.15) is 16.5 Å². The minimum atomic E-state index is -0.302. The Morgan fingerprint density at radius 1 is 1.29 bits per heavy atom. The van der Waals surface area contributed by atoms with Crippen LogP contribution in [0.3, 0.4) is 0 Å². The number of thioether (sulfide) groups is 1. The van der Waals surface area contributed by atoms with Crippen molar-refractivity contribution in [3.63, 3.8) is 0 Å². The van der Waals surface area contributed by atoms with Crippen LogP contribution < -0.4 is 10.6 Å². The summed E-state index contributed by atoms with van der Waals surface area (Å²) in [6, 6.07) is 12.3. The van der Waals surface area contributed by atoms with Gasteiger partial charge in [0.25, 0.3) is 0 Å². The average Bonchev–Trinajstić information content (AvgIpc) is 2.84. The van der Waals surface area contributed by atoms with Gasteiger partial charge in [-0.25, -0.2) is 4.39 Å². The molecule has 1 unspecified atom stereocenters. The highest BCUT2D eigenvalue weighted by molar-refractivity contribution is 8.00. The van der Waals surface area contributed by atoms with Crippen LogP contribution in [-0.2, 0) is 4.79 Å². The van der Waals surface area contributed by atoms with Crippen molar-refractivity contribution in [3.05, 3.63) is 59.4 Å². The van der Waals surface area contributed by atoms with E-state index in [4.69, 9.17) is 5.73 Å². The van der Waals surface area contributed by atoms with Crippen LogP contribution in [0, 0.1) is 12.7 Å². The van der Waals surface area contributed by atoms with Gasteiger partial charge >= 0.3 is 0 Å². The van der Waals surface area contributed by atoms with Gasteiger partial charge in [0.1, 0.15) is 11.2 Å². The van der Waals surface area contributed by atoms with Crippen LogP contribution in [0.4, 0.5) is 15.8 Å². The minimum absolute atomic E-state index is 0.0128. The summed E-state index contributed by atoms with van der Waals surface area (Å²) in [7, 11) is 0. The third-order valence-electron chi connectivity index (χ3n) is 3.56. The lowest BCUT2D eigenvalue weighted by molar-refractivity contribution is -0.115. The number of nitrogens with zero attached hydrogens (tertiary/aromatic N) is 1. The highest BCUT2D eigenvalue weighted by atomic mass is 32.2. The molecule has 2 aromatic rings. The standard InChI is InChI=1S/C16H15FN2OS/c1-10-13(17)6-3-7-14(10)19-15(20)9-21-16(19)11-4-2-5-12(18)8-11/h2-8,16H,9,18H2,1H3. The molecule has 2 aromatic carbocycles. The molecular formula is C16H15FN2OS. The van der Waals surface area contributed by atoms with E-state index in [0.717, 1.165) is 5.56 Å². The lowest BCUT2D eigenvalue weighted by Gasteiger charge is -2.26. The Morgan fingerprint density at radius 3 is 2.81 bits per heavy atom. The number of carbonyl (C=O) groups is 1. The largest absolute Gasteiger partial charge is 0.399 e. The number of amides is 1. The number of nitrogen functional groups attached to an aromatic ring is 1. The van der Waals surface area contributed by atoms with E-state index in [1.807, 2.05) is 24.3 Å². The summed E-state index contributed by atoms with van der Waals surface area (Å²) in [5.41, 5.74) is 8.55. The zero-order valence-corrected chi connectivity index (χ0v) is 12.4. The van der Waals surface area contributed by atoms with Crippen molar-refractivity contribution in [2.45, 2.75) is 12.3 Å². The number of nitrogens with two attached hydrogens (primary N) is 1. The smallest absolute Gasteiger partial charge is 0.238 e. The highest BCUT2D eigenvalue weighted by Crippen LogP contribution is 2.43. The second kappa shape index (κ2) is 5.41. The first kappa shape index (κ1) is 13.9. The van der Waals surface area contributed by atoms with Crippen LogP contribution in [0.2, 0.25) is 0 Å². The molecule has 1 amide bonds. The summed E-state index contributed by atoms with van der Waals surface area (Å²) in [5, 5.41) is -0.165. The van der Waals surface area contributed by atoms with Crippen LogP contribution in [0.15, 0.2) is 42.5 Å². The molecule has 1 saturated heterocycles. The van der Waals surface area contributed by atoms with Gasteiger partial charge in [0.15, 0.2) is 0 Å². The van der Waals surface area contributed by atoms with Crippen LogP contribution in [-0.4, -0.2) is 11.7 Å². The molecule has 3 nitrogen and oxygen atoms in total. The van der Waals surface area contributed by atoms with Crippen molar-refractivity contribution in [2.24, 2.45) is 0 Å². The summed E-state index contributed by atoms with van der Waals surface area (Å²) in [6.45, 7) is 1.69. The summed E-state index contributed by atoms with van der Waals surface area (Å²) < 4.78 is 13.8. The third kappa shape index (κ3) is 2.49. The molecule has 108 valence electrons. The van der Waals surface area contributed by atoms with Gasteiger partial charge < -0.3 is 5.73 Å². The highest BCUT2D eigenvalue weighted by Gasteiger charge is 2.35. The van der Waals surface area contributed by atoms with Gasteiger partial charge in [0, 0.05) is 11.3 Å². The fourth-order valence-corrected chi connectivity index (χ4v) is 3.66. The maximum atomic E-state index is 13.8. The molecule has 1 fully saturated rings. The zero-order chi connectivity index (χ0) is 15.0. The summed E-state index contributed by atoms with van der Waals surface area (Å²) in [5.74, 6) is 0.0692. The van der Waals surface area contributed by atoms with Crippen molar-refractivity contribution in [1.29, 1.82) is 0 Å². The van der Waals surface area contributed by atoms with Gasteiger partial charge in [-0.15, -0.1) is 11.8 Å². The molecule has 0 saturated carbocycles. The number of halogens is 1. The molecule has 1 heterocycles. The lowest BCUT2D eigenvalue weighted by atomic mass is 10.1. The average molecular weight is 302 g/mol. The molecule has 1 aliphatic heterocycles. The third-order valence-corrected chi connectivity index (χ3v) is 4.77. The molecule has 5 heteroatoms. The van der Waals surface area contributed by atoms with Crippen LogP contribution >= 0.6 is 11.8 Å². The normalized spacial score (nSPS) is 18.3. The Hall–Kier alpha value is -2.01. The quantitative estimate of drug-likeness (QED) is 0.864. The number of hydrogen-bond donors (Lipinski definition) is 1. The molecule has 2 N–H and O–H groups in total. The van der Waals surface area contributed by atoms with Gasteiger partial charge in [0.05, 0.1) is 11.4 Å². The number of hydrogen-bond acceptors (Lipinski definition) is 3. The summed E-state index contributed by atoms with van der Waals surface area (Å²) in [4.78, 5) is 13.9. The Balaban J connectivity index is 2.06. The van der Waals surface area contributed by atoms with E-state index in [-0.39, 0.29) is 17.1 Å². The second-order valence-electron chi connectivity index (χ2n) is 4.98. The minimum Gasteiger partial charge on any atom is -0.399 e. The molecule has 1 atom stereocenters. The van der Waals surface area contributed by atoms with E-state index < -0.39 is 0 Å². The van der Waals surface area contributed by atoms with Crippen molar-refractivity contribution < 1.29 is 9.18 Å². The molecule has 0 aliphatic carbocycles. The first-order valence-corrected chi connectivity index (χ1v) is 7.67. The second-order valence-corrected chi connectivity index (χ2v) is 6.05.